The van der Waals surface area contributed by atoms with Gasteiger partial charge in [-0.1, -0.05) is 12.8 Å². The number of nitrogens with one attached hydrogen (secondary N) is 1. The molecule has 0 bridgehead atoms. The van der Waals surface area contributed by atoms with E-state index in [4.69, 9.17) is 11.6 Å². The Hall–Kier alpha value is -1.73. The summed E-state index contributed by atoms with van der Waals surface area (Å²) in [4.78, 5) is 12.4. The number of hydrogen-bond acceptors (Lipinski definition) is 6. The van der Waals surface area contributed by atoms with Crippen molar-refractivity contribution < 1.29 is 5.11 Å². The zero-order valence-electron chi connectivity index (χ0n) is 11.5. The molecule has 1 fully saturated rings. The highest BCUT2D eigenvalue weighted by atomic mass is 35.5. The van der Waals surface area contributed by atoms with E-state index < -0.39 is 0 Å². The molecule has 0 radical (unpaired) electrons. The quantitative estimate of drug-likeness (QED) is 0.893. The van der Waals surface area contributed by atoms with Crippen LogP contribution in [0.25, 0.3) is 5.95 Å². The second-order valence-electron chi connectivity index (χ2n) is 5.17. The monoisotopic (exact) mass is 308 g/mol. The molecule has 0 spiro atoms. The highest BCUT2D eigenvalue weighted by Gasteiger charge is 2.23. The second kappa shape index (κ2) is 6.36. The molecule has 21 heavy (non-hydrogen) atoms. The van der Waals surface area contributed by atoms with Gasteiger partial charge in [-0.15, -0.1) is 0 Å². The fraction of sp³-hybridized carbons (Fsp3) is 0.538. The van der Waals surface area contributed by atoms with Crippen LogP contribution in [0.1, 0.15) is 25.7 Å². The van der Waals surface area contributed by atoms with Gasteiger partial charge in [0.25, 0.3) is 5.95 Å². The van der Waals surface area contributed by atoms with Crippen LogP contribution in [0.2, 0.25) is 5.28 Å². The molecule has 2 aromatic rings. The molecule has 1 saturated carbocycles. The predicted molar refractivity (Wildman–Crippen MR) is 78.4 cm³/mol. The molecule has 7 nitrogen and oxygen atoms in total. The van der Waals surface area contributed by atoms with Crippen molar-refractivity contribution in [2.75, 3.05) is 11.9 Å². The number of nitrogens with zero attached hydrogens (tertiary/aromatic N) is 5. The molecule has 0 amide bonds. The molecule has 1 aliphatic carbocycles. The molecule has 112 valence electrons. The van der Waals surface area contributed by atoms with E-state index >= 15 is 0 Å². The molecule has 8 heteroatoms. The summed E-state index contributed by atoms with van der Waals surface area (Å²) >= 11 is 5.92. The van der Waals surface area contributed by atoms with E-state index in [1.165, 1.54) is 4.68 Å². The van der Waals surface area contributed by atoms with Crippen LogP contribution in [0.4, 0.5) is 5.95 Å². The maximum Gasteiger partial charge on any atom is 0.256 e. The molecular formula is C13H17ClN6O. The van der Waals surface area contributed by atoms with Crippen molar-refractivity contribution in [3.05, 3.63) is 23.7 Å². The van der Waals surface area contributed by atoms with Gasteiger partial charge < -0.3 is 10.4 Å². The summed E-state index contributed by atoms with van der Waals surface area (Å²) in [6.07, 6.45) is 7.25. The van der Waals surface area contributed by atoms with E-state index in [1.807, 2.05) is 0 Å². The Kier molecular flexibility index (Phi) is 4.31. The lowest BCUT2D eigenvalue weighted by Crippen LogP contribution is -2.30. The molecule has 0 aliphatic heterocycles. The maximum absolute atomic E-state index is 9.97. The van der Waals surface area contributed by atoms with E-state index in [0.717, 1.165) is 25.7 Å². The minimum Gasteiger partial charge on any atom is -0.393 e. The number of aromatic nitrogens is 5. The fourth-order valence-corrected chi connectivity index (χ4v) is 2.71. The van der Waals surface area contributed by atoms with Gasteiger partial charge in [-0.25, -0.2) is 4.68 Å². The summed E-state index contributed by atoms with van der Waals surface area (Å²) in [6.45, 7) is 0.625. The Balaban J connectivity index is 1.70. The zero-order valence-corrected chi connectivity index (χ0v) is 12.2. The van der Waals surface area contributed by atoms with Crippen molar-refractivity contribution in [1.82, 2.24) is 24.7 Å². The highest BCUT2D eigenvalue weighted by molar-refractivity contribution is 6.28. The third kappa shape index (κ3) is 3.48. The Morgan fingerprint density at radius 1 is 1.29 bits per heavy atom. The van der Waals surface area contributed by atoms with Crippen LogP contribution in [-0.4, -0.2) is 42.5 Å². The van der Waals surface area contributed by atoms with Crippen molar-refractivity contribution in [2.24, 2.45) is 5.92 Å². The van der Waals surface area contributed by atoms with Crippen molar-refractivity contribution in [3.8, 4) is 5.95 Å². The van der Waals surface area contributed by atoms with Crippen molar-refractivity contribution in [1.29, 1.82) is 0 Å². The van der Waals surface area contributed by atoms with E-state index in [2.05, 4.69) is 25.4 Å². The Bertz CT molecular complexity index is 590. The van der Waals surface area contributed by atoms with Crippen LogP contribution in [0, 0.1) is 5.92 Å². The first-order chi connectivity index (χ1) is 10.2. The van der Waals surface area contributed by atoms with Crippen molar-refractivity contribution in [3.63, 3.8) is 0 Å². The summed E-state index contributed by atoms with van der Waals surface area (Å²) in [5, 5.41) is 17.3. The number of halogens is 1. The van der Waals surface area contributed by atoms with Gasteiger partial charge in [-0.2, -0.15) is 20.1 Å². The summed E-state index contributed by atoms with van der Waals surface area (Å²) in [5.41, 5.74) is 0. The minimum absolute atomic E-state index is 0.113. The molecule has 0 saturated heterocycles. The predicted octanol–water partition coefficient (Wildman–Crippen LogP) is 1.67. The van der Waals surface area contributed by atoms with Crippen LogP contribution in [0.15, 0.2) is 18.5 Å². The van der Waals surface area contributed by atoms with Gasteiger partial charge >= 0.3 is 0 Å². The van der Waals surface area contributed by atoms with Gasteiger partial charge in [0.05, 0.1) is 6.10 Å². The average Bonchev–Trinajstić information content (AvgIpc) is 3.00. The molecular weight excluding hydrogens is 292 g/mol. The molecule has 0 aromatic carbocycles. The topological polar surface area (TPSA) is 88.8 Å². The summed E-state index contributed by atoms with van der Waals surface area (Å²) in [6, 6.07) is 1.78. The maximum atomic E-state index is 9.97. The average molecular weight is 309 g/mol. The van der Waals surface area contributed by atoms with Gasteiger partial charge in [-0.05, 0) is 30.5 Å². The summed E-state index contributed by atoms with van der Waals surface area (Å²) in [7, 11) is 0. The Morgan fingerprint density at radius 3 is 2.90 bits per heavy atom. The third-order valence-corrected chi connectivity index (χ3v) is 3.87. The van der Waals surface area contributed by atoms with Crippen LogP contribution in [0.3, 0.4) is 0 Å². The number of hydrogen-bond donors (Lipinski definition) is 2. The lowest BCUT2D eigenvalue weighted by atomic mass is 9.86. The Morgan fingerprint density at radius 2 is 2.14 bits per heavy atom. The number of rotatable bonds is 4. The zero-order chi connectivity index (χ0) is 14.7. The first-order valence-corrected chi connectivity index (χ1v) is 7.44. The van der Waals surface area contributed by atoms with Gasteiger partial charge in [0.15, 0.2) is 0 Å². The lowest BCUT2D eigenvalue weighted by molar-refractivity contribution is 0.0762. The first-order valence-electron chi connectivity index (χ1n) is 7.06. The number of aliphatic hydroxyl groups is 1. The van der Waals surface area contributed by atoms with Crippen LogP contribution >= 0.6 is 11.6 Å². The van der Waals surface area contributed by atoms with Crippen LogP contribution in [0.5, 0.6) is 0 Å². The van der Waals surface area contributed by atoms with Gasteiger partial charge in [-0.3, -0.25) is 0 Å². The lowest BCUT2D eigenvalue weighted by Gasteiger charge is -2.27. The molecule has 2 N–H and O–H groups in total. The molecule has 1 aliphatic rings. The molecule has 2 heterocycles. The second-order valence-corrected chi connectivity index (χ2v) is 5.51. The Labute approximate surface area is 127 Å². The highest BCUT2D eigenvalue weighted by Crippen LogP contribution is 2.24. The normalized spacial score (nSPS) is 22.2. The molecule has 2 atom stereocenters. The minimum atomic E-state index is -0.255. The largest absolute Gasteiger partial charge is 0.393 e. The van der Waals surface area contributed by atoms with Crippen LogP contribution < -0.4 is 5.32 Å². The van der Waals surface area contributed by atoms with E-state index in [1.54, 1.807) is 18.5 Å². The molecule has 2 unspecified atom stereocenters. The molecule has 2 aromatic heterocycles. The van der Waals surface area contributed by atoms with Crippen LogP contribution in [-0.2, 0) is 0 Å². The SMILES string of the molecule is OC1CCCCC1CNc1nc(Cl)nc(-n2cccn2)n1. The van der Waals surface area contributed by atoms with E-state index in [0.29, 0.717) is 18.4 Å². The number of aliphatic hydroxyl groups excluding tert-OH is 1. The van der Waals surface area contributed by atoms with E-state index in [-0.39, 0.29) is 17.3 Å². The smallest absolute Gasteiger partial charge is 0.256 e. The first kappa shape index (κ1) is 14.2. The van der Waals surface area contributed by atoms with Gasteiger partial charge in [0.1, 0.15) is 0 Å². The molecule has 3 rings (SSSR count). The summed E-state index contributed by atoms with van der Waals surface area (Å²) < 4.78 is 1.52. The van der Waals surface area contributed by atoms with E-state index in [9.17, 15) is 5.11 Å². The third-order valence-electron chi connectivity index (χ3n) is 3.70. The van der Waals surface area contributed by atoms with Gasteiger partial charge in [0, 0.05) is 24.9 Å². The summed E-state index contributed by atoms with van der Waals surface area (Å²) in [5.74, 6) is 0.993. The standard InChI is InChI=1S/C13H17ClN6O/c14-11-17-12(15-8-9-4-1-2-5-10(9)21)19-13(18-11)20-7-3-6-16-20/h3,6-7,9-10,21H,1-2,4-5,8H2,(H,15,17,18,19). The van der Waals surface area contributed by atoms with Crippen molar-refractivity contribution >= 4 is 17.5 Å². The number of anilines is 1. The van der Waals surface area contributed by atoms with Crippen molar-refractivity contribution in [2.45, 2.75) is 31.8 Å². The fourth-order valence-electron chi connectivity index (χ4n) is 2.56. The van der Waals surface area contributed by atoms with Gasteiger partial charge in [0.2, 0.25) is 11.2 Å².